The van der Waals surface area contributed by atoms with E-state index in [1.807, 2.05) is 51.1 Å². The lowest BCUT2D eigenvalue weighted by Gasteiger charge is -2.20. The van der Waals surface area contributed by atoms with Gasteiger partial charge in [0.1, 0.15) is 35.1 Å². The maximum Gasteiger partial charge on any atom is 0.407 e. The number of benzene rings is 3. The maximum atomic E-state index is 15.5. The summed E-state index contributed by atoms with van der Waals surface area (Å²) in [4.78, 5) is 24.4. The second kappa shape index (κ2) is 12.9. The number of rotatable bonds is 9. The van der Waals surface area contributed by atoms with Crippen LogP contribution in [0.1, 0.15) is 58.2 Å². The van der Waals surface area contributed by atoms with Crippen LogP contribution in [-0.4, -0.2) is 30.4 Å². The summed E-state index contributed by atoms with van der Waals surface area (Å²) in [5.41, 5.74) is 1.49. The predicted molar refractivity (Wildman–Crippen MR) is 152 cm³/mol. The number of para-hydroxylation sites is 1. The summed E-state index contributed by atoms with van der Waals surface area (Å²) < 4.78 is 37.8. The number of esters is 1. The summed E-state index contributed by atoms with van der Waals surface area (Å²) in [7, 11) is 1.54. The van der Waals surface area contributed by atoms with Crippen molar-refractivity contribution >= 4 is 12.1 Å². The van der Waals surface area contributed by atoms with Gasteiger partial charge in [-0.3, -0.25) is 4.79 Å². The number of alkyl carbamates (subject to hydrolysis) is 1. The molecule has 8 heteroatoms. The fourth-order valence-electron chi connectivity index (χ4n) is 3.92. The van der Waals surface area contributed by atoms with Crippen LogP contribution in [0.2, 0.25) is 0 Å². The van der Waals surface area contributed by atoms with E-state index >= 15 is 4.39 Å². The van der Waals surface area contributed by atoms with E-state index in [4.69, 9.17) is 18.9 Å². The second-order valence-electron chi connectivity index (χ2n) is 11.4. The first-order chi connectivity index (χ1) is 18.7. The first-order valence-corrected chi connectivity index (χ1v) is 13.1. The molecule has 40 heavy (non-hydrogen) atoms. The summed E-state index contributed by atoms with van der Waals surface area (Å²) in [6.07, 6.45) is -0.545. The van der Waals surface area contributed by atoms with Crippen molar-refractivity contribution in [3.05, 3.63) is 83.2 Å². The van der Waals surface area contributed by atoms with Crippen LogP contribution in [0, 0.1) is 5.82 Å². The zero-order valence-electron chi connectivity index (χ0n) is 24.2. The quantitative estimate of drug-likeness (QED) is 0.289. The summed E-state index contributed by atoms with van der Waals surface area (Å²) in [5.74, 6) is 0.291. The third-order valence-corrected chi connectivity index (χ3v) is 5.54. The van der Waals surface area contributed by atoms with E-state index in [0.29, 0.717) is 33.8 Å². The molecule has 0 radical (unpaired) electrons. The standard InChI is InChI=1S/C32H38FNO6/c1-31(2,3)39-28(35)18-22-11-8-9-14-27(22)38-20-21-15-24(17-25(16-21)37-7)26-13-10-12-23(29(26)33)19-34-30(36)40-32(4,5)6/h8-17H,18-20H2,1-7H3,(H,34,36). The monoisotopic (exact) mass is 551 g/mol. The lowest BCUT2D eigenvalue weighted by molar-refractivity contribution is -0.153. The molecule has 3 aromatic rings. The molecular weight excluding hydrogens is 513 g/mol. The predicted octanol–water partition coefficient (Wildman–Crippen LogP) is 6.99. The van der Waals surface area contributed by atoms with Gasteiger partial charge in [0.2, 0.25) is 0 Å². The molecule has 0 aromatic heterocycles. The van der Waals surface area contributed by atoms with Crippen molar-refractivity contribution in [2.75, 3.05) is 7.11 Å². The Kier molecular flexibility index (Phi) is 9.79. The minimum Gasteiger partial charge on any atom is -0.497 e. The van der Waals surface area contributed by atoms with Crippen LogP contribution < -0.4 is 14.8 Å². The van der Waals surface area contributed by atoms with Crippen molar-refractivity contribution in [2.24, 2.45) is 0 Å². The third kappa shape index (κ3) is 9.29. The average molecular weight is 552 g/mol. The molecule has 0 heterocycles. The number of carbonyl (C=O) groups excluding carboxylic acids is 2. The minimum atomic E-state index is -0.653. The van der Waals surface area contributed by atoms with E-state index in [9.17, 15) is 9.59 Å². The topological polar surface area (TPSA) is 83.1 Å². The molecule has 0 spiro atoms. The molecule has 0 saturated heterocycles. The number of methoxy groups -OCH3 is 1. The van der Waals surface area contributed by atoms with Crippen molar-refractivity contribution in [2.45, 2.75) is 72.3 Å². The van der Waals surface area contributed by atoms with Crippen LogP contribution in [0.5, 0.6) is 11.5 Å². The average Bonchev–Trinajstić information content (AvgIpc) is 2.85. The first-order valence-electron chi connectivity index (χ1n) is 13.1. The number of hydrogen-bond donors (Lipinski definition) is 1. The Labute approximate surface area is 235 Å². The van der Waals surface area contributed by atoms with E-state index in [2.05, 4.69) is 5.32 Å². The molecule has 3 aromatic carbocycles. The van der Waals surface area contributed by atoms with Gasteiger partial charge in [0.05, 0.1) is 13.5 Å². The highest BCUT2D eigenvalue weighted by molar-refractivity contribution is 5.74. The van der Waals surface area contributed by atoms with Crippen LogP contribution >= 0.6 is 0 Å². The molecule has 1 amide bonds. The van der Waals surface area contributed by atoms with Gasteiger partial charge in [-0.15, -0.1) is 0 Å². The smallest absolute Gasteiger partial charge is 0.407 e. The molecule has 0 aliphatic rings. The highest BCUT2D eigenvalue weighted by atomic mass is 19.1. The summed E-state index contributed by atoms with van der Waals surface area (Å²) in [6.45, 7) is 10.9. The summed E-state index contributed by atoms with van der Waals surface area (Å²) >= 11 is 0. The summed E-state index contributed by atoms with van der Waals surface area (Å²) in [5, 5.41) is 2.60. The first kappa shape index (κ1) is 30.5. The molecule has 0 aliphatic heterocycles. The fourth-order valence-corrected chi connectivity index (χ4v) is 3.92. The number of nitrogens with one attached hydrogen (secondary N) is 1. The largest absolute Gasteiger partial charge is 0.497 e. The van der Waals surface area contributed by atoms with E-state index < -0.39 is 23.1 Å². The van der Waals surface area contributed by atoms with Crippen LogP contribution in [0.4, 0.5) is 9.18 Å². The zero-order valence-corrected chi connectivity index (χ0v) is 24.2. The number of ether oxygens (including phenoxy) is 4. The SMILES string of the molecule is COc1cc(COc2ccccc2CC(=O)OC(C)(C)C)cc(-c2cccc(CNC(=O)OC(C)(C)C)c2F)c1. The summed E-state index contributed by atoms with van der Waals surface area (Å²) in [6, 6.07) is 17.7. The Balaban J connectivity index is 1.79. The Morgan fingerprint density at radius 3 is 2.20 bits per heavy atom. The highest BCUT2D eigenvalue weighted by Crippen LogP contribution is 2.31. The van der Waals surface area contributed by atoms with Crippen LogP contribution in [-0.2, 0) is 33.8 Å². The van der Waals surface area contributed by atoms with Crippen LogP contribution in [0.3, 0.4) is 0 Å². The van der Waals surface area contributed by atoms with E-state index in [-0.39, 0.29) is 25.5 Å². The fraction of sp³-hybridized carbons (Fsp3) is 0.375. The molecule has 0 atom stereocenters. The van der Waals surface area contributed by atoms with E-state index in [0.717, 1.165) is 5.56 Å². The van der Waals surface area contributed by atoms with E-state index in [1.54, 1.807) is 51.1 Å². The number of carbonyl (C=O) groups is 2. The molecule has 7 nitrogen and oxygen atoms in total. The Bertz CT molecular complexity index is 1340. The molecule has 0 bridgehead atoms. The van der Waals surface area contributed by atoms with Crippen LogP contribution in [0.15, 0.2) is 60.7 Å². The van der Waals surface area contributed by atoms with Crippen molar-refractivity contribution < 1.29 is 32.9 Å². The molecule has 3 rings (SSSR count). The van der Waals surface area contributed by atoms with Gasteiger partial charge in [-0.25, -0.2) is 9.18 Å². The lowest BCUT2D eigenvalue weighted by Crippen LogP contribution is -2.32. The Morgan fingerprint density at radius 1 is 0.850 bits per heavy atom. The van der Waals surface area contributed by atoms with Gasteiger partial charge >= 0.3 is 12.1 Å². The molecule has 0 fully saturated rings. The van der Waals surface area contributed by atoms with Crippen molar-refractivity contribution in [3.63, 3.8) is 0 Å². The minimum absolute atomic E-state index is 0.0248. The number of amides is 1. The zero-order chi connectivity index (χ0) is 29.5. The van der Waals surface area contributed by atoms with Crippen molar-refractivity contribution in [3.8, 4) is 22.6 Å². The van der Waals surface area contributed by atoms with Gasteiger partial charge in [-0.05, 0) is 76.9 Å². The van der Waals surface area contributed by atoms with Crippen molar-refractivity contribution in [1.29, 1.82) is 0 Å². The normalized spacial score (nSPS) is 11.5. The molecule has 0 saturated carbocycles. The Morgan fingerprint density at radius 2 is 1.52 bits per heavy atom. The van der Waals surface area contributed by atoms with Gasteiger partial charge < -0.3 is 24.3 Å². The molecule has 1 N–H and O–H groups in total. The van der Waals surface area contributed by atoms with Gasteiger partial charge in [0.15, 0.2) is 0 Å². The van der Waals surface area contributed by atoms with Crippen LogP contribution in [0.25, 0.3) is 11.1 Å². The molecule has 0 unspecified atom stereocenters. The van der Waals surface area contributed by atoms with Crippen molar-refractivity contribution in [1.82, 2.24) is 5.32 Å². The van der Waals surface area contributed by atoms with Gasteiger partial charge in [0, 0.05) is 23.2 Å². The van der Waals surface area contributed by atoms with Gasteiger partial charge in [-0.1, -0.05) is 36.4 Å². The Hall–Kier alpha value is -4.07. The third-order valence-electron chi connectivity index (χ3n) is 5.54. The van der Waals surface area contributed by atoms with Gasteiger partial charge in [0.25, 0.3) is 0 Å². The number of halogens is 1. The van der Waals surface area contributed by atoms with Gasteiger partial charge in [-0.2, -0.15) is 0 Å². The molecule has 0 aliphatic carbocycles. The molecule has 214 valence electrons. The maximum absolute atomic E-state index is 15.5. The lowest BCUT2D eigenvalue weighted by atomic mass is 9.99. The number of hydrogen-bond acceptors (Lipinski definition) is 6. The van der Waals surface area contributed by atoms with E-state index in [1.165, 1.54) is 7.11 Å². The molecular formula is C32H38FNO6. The second-order valence-corrected chi connectivity index (χ2v) is 11.4. The highest BCUT2D eigenvalue weighted by Gasteiger charge is 2.19.